The molecule has 8 heteroatoms. The number of benzene rings is 1. The average molecular weight is 280 g/mol. The second kappa shape index (κ2) is 5.13. The van der Waals surface area contributed by atoms with Gasteiger partial charge in [-0.1, -0.05) is 12.1 Å². The van der Waals surface area contributed by atoms with E-state index in [0.717, 1.165) is 0 Å². The Kier molecular flexibility index (Phi) is 4.26. The molecule has 0 spiro atoms. The molecule has 1 aromatic rings. The van der Waals surface area contributed by atoms with Gasteiger partial charge in [-0.3, -0.25) is 4.55 Å². The number of hydrogen-bond acceptors (Lipinski definition) is 5. The van der Waals surface area contributed by atoms with Crippen LogP contribution in [0.4, 0.5) is 0 Å². The number of sulfone groups is 1. The van der Waals surface area contributed by atoms with Gasteiger partial charge in [-0.25, -0.2) is 8.42 Å². The van der Waals surface area contributed by atoms with Crippen LogP contribution in [0.25, 0.3) is 0 Å². The van der Waals surface area contributed by atoms with E-state index in [1.54, 1.807) is 0 Å². The maximum atomic E-state index is 11.6. The molecule has 0 fully saturated rings. The van der Waals surface area contributed by atoms with E-state index in [2.05, 4.69) is 4.74 Å². The van der Waals surface area contributed by atoms with E-state index in [1.807, 2.05) is 0 Å². The molecule has 6 nitrogen and oxygen atoms in total. The summed E-state index contributed by atoms with van der Waals surface area (Å²) in [6.07, 6.45) is 0. The van der Waals surface area contributed by atoms with Crippen LogP contribution < -0.4 is 0 Å². The van der Waals surface area contributed by atoms with Gasteiger partial charge in [0.05, 0.1) is 4.90 Å². The largest absolute Gasteiger partial charge is 0.368 e. The summed E-state index contributed by atoms with van der Waals surface area (Å²) in [5.41, 5.74) is 0.199. The highest BCUT2D eigenvalue weighted by Crippen LogP contribution is 2.15. The van der Waals surface area contributed by atoms with E-state index in [9.17, 15) is 16.8 Å². The van der Waals surface area contributed by atoms with Crippen molar-refractivity contribution in [3.8, 4) is 0 Å². The Bertz CT molecular complexity index is 588. The van der Waals surface area contributed by atoms with Crippen molar-refractivity contribution in [1.29, 1.82) is 0 Å². The molecule has 1 rings (SSSR count). The highest BCUT2D eigenvalue weighted by Gasteiger charge is 2.15. The van der Waals surface area contributed by atoms with E-state index in [0.29, 0.717) is 0 Å². The molecular weight excluding hydrogens is 268 g/mol. The summed E-state index contributed by atoms with van der Waals surface area (Å²) < 4.78 is 57.8. The summed E-state index contributed by atoms with van der Waals surface area (Å²) in [6, 6.07) is 5.35. The van der Waals surface area contributed by atoms with E-state index in [4.69, 9.17) is 4.55 Å². The number of hydrogen-bond donors (Lipinski definition) is 1. The first-order valence-electron chi connectivity index (χ1n) is 4.50. The third-order valence-corrected chi connectivity index (χ3v) is 4.10. The lowest BCUT2D eigenvalue weighted by Gasteiger charge is -2.05. The van der Waals surface area contributed by atoms with Crippen LogP contribution in [0.15, 0.2) is 29.2 Å². The Balaban J connectivity index is 3.10. The van der Waals surface area contributed by atoms with E-state index in [1.165, 1.54) is 31.4 Å². The molecule has 0 aliphatic heterocycles. The fourth-order valence-corrected chi connectivity index (χ4v) is 2.93. The van der Waals surface area contributed by atoms with Crippen molar-refractivity contribution < 1.29 is 26.1 Å². The van der Waals surface area contributed by atoms with Crippen LogP contribution in [0.3, 0.4) is 0 Å². The van der Waals surface area contributed by atoms with Gasteiger partial charge in [0.2, 0.25) is 9.84 Å². The van der Waals surface area contributed by atoms with Crippen molar-refractivity contribution in [1.82, 2.24) is 0 Å². The molecule has 17 heavy (non-hydrogen) atoms. The first-order chi connectivity index (χ1) is 7.74. The zero-order valence-electron chi connectivity index (χ0n) is 9.03. The third kappa shape index (κ3) is 4.43. The second-order valence-electron chi connectivity index (χ2n) is 3.39. The monoisotopic (exact) mass is 280 g/mol. The predicted molar refractivity (Wildman–Crippen MR) is 60.8 cm³/mol. The van der Waals surface area contributed by atoms with Gasteiger partial charge in [-0.2, -0.15) is 8.42 Å². The van der Waals surface area contributed by atoms with Crippen LogP contribution in [-0.2, 0) is 30.4 Å². The number of ether oxygens (including phenoxy) is 1. The summed E-state index contributed by atoms with van der Waals surface area (Å²) in [5, 5.41) is 0. The molecule has 0 heterocycles. The topological polar surface area (TPSA) is 97.7 Å². The summed E-state index contributed by atoms with van der Waals surface area (Å²) in [6.45, 7) is 0. The smallest absolute Gasteiger partial charge is 0.269 e. The summed E-state index contributed by atoms with van der Waals surface area (Å²) in [7, 11) is -6.52. The van der Waals surface area contributed by atoms with Crippen molar-refractivity contribution in [2.45, 2.75) is 10.6 Å². The van der Waals surface area contributed by atoms with Crippen LogP contribution >= 0.6 is 0 Å². The molecule has 0 amide bonds. The lowest BCUT2D eigenvalue weighted by Crippen LogP contribution is -2.09. The van der Waals surface area contributed by atoms with Gasteiger partial charge in [0, 0.05) is 7.11 Å². The van der Waals surface area contributed by atoms with Crippen LogP contribution in [0.5, 0.6) is 0 Å². The first kappa shape index (κ1) is 14.1. The quantitative estimate of drug-likeness (QED) is 0.786. The Hall–Kier alpha value is -0.960. The molecule has 0 aliphatic rings. The van der Waals surface area contributed by atoms with Gasteiger partial charge in [-0.15, -0.1) is 0 Å². The molecule has 1 aromatic carbocycles. The summed E-state index contributed by atoms with van der Waals surface area (Å²) in [4.78, 5) is -0.0412. The van der Waals surface area contributed by atoms with Gasteiger partial charge >= 0.3 is 0 Å². The van der Waals surface area contributed by atoms with Crippen LogP contribution in [0, 0.1) is 0 Å². The van der Waals surface area contributed by atoms with Crippen molar-refractivity contribution >= 4 is 20.0 Å². The standard InChI is InChI=1S/C9H12O6S2/c1-15-7-16(10,11)9-4-2-3-8(5-9)6-17(12,13)14/h2-5H,6-7H2,1H3,(H,12,13,14). The molecule has 0 bridgehead atoms. The Morgan fingerprint density at radius 1 is 1.24 bits per heavy atom. The lowest BCUT2D eigenvalue weighted by atomic mass is 10.2. The molecule has 0 unspecified atom stereocenters. The van der Waals surface area contributed by atoms with Gasteiger partial charge in [0.15, 0.2) is 5.94 Å². The molecular formula is C9H12O6S2. The molecule has 0 aromatic heterocycles. The normalized spacial score (nSPS) is 12.6. The molecule has 0 atom stereocenters. The zero-order chi connectivity index (χ0) is 13.1. The highest BCUT2D eigenvalue weighted by molar-refractivity contribution is 7.91. The molecule has 96 valence electrons. The van der Waals surface area contributed by atoms with Crippen LogP contribution in [0.2, 0.25) is 0 Å². The van der Waals surface area contributed by atoms with Crippen molar-refractivity contribution in [2.24, 2.45) is 0 Å². The molecule has 0 saturated carbocycles. The molecule has 1 N–H and O–H groups in total. The minimum absolute atomic E-state index is 0.0412. The van der Waals surface area contributed by atoms with Gasteiger partial charge in [0.1, 0.15) is 5.75 Å². The Morgan fingerprint density at radius 2 is 1.88 bits per heavy atom. The SMILES string of the molecule is COCS(=O)(=O)c1cccc(CS(=O)(=O)O)c1. The minimum Gasteiger partial charge on any atom is -0.368 e. The second-order valence-corrected chi connectivity index (χ2v) is 6.78. The van der Waals surface area contributed by atoms with Crippen LogP contribution in [-0.4, -0.2) is 34.4 Å². The summed E-state index contributed by atoms with van der Waals surface area (Å²) in [5.74, 6) is -1.11. The maximum Gasteiger partial charge on any atom is 0.269 e. The van der Waals surface area contributed by atoms with Gasteiger partial charge in [-0.05, 0) is 17.7 Å². The van der Waals surface area contributed by atoms with Crippen molar-refractivity contribution in [3.63, 3.8) is 0 Å². The molecule has 0 aliphatic carbocycles. The van der Waals surface area contributed by atoms with E-state index < -0.39 is 31.6 Å². The Labute approximate surface area is 99.9 Å². The number of rotatable bonds is 5. The lowest BCUT2D eigenvalue weighted by molar-refractivity contribution is 0.250. The van der Waals surface area contributed by atoms with Crippen LogP contribution in [0.1, 0.15) is 5.56 Å². The average Bonchev–Trinajstić information content (AvgIpc) is 2.15. The van der Waals surface area contributed by atoms with E-state index in [-0.39, 0.29) is 10.5 Å². The fourth-order valence-electron chi connectivity index (χ4n) is 1.26. The van der Waals surface area contributed by atoms with Gasteiger partial charge in [0.25, 0.3) is 10.1 Å². The zero-order valence-corrected chi connectivity index (χ0v) is 10.7. The Morgan fingerprint density at radius 3 is 2.41 bits per heavy atom. The fraction of sp³-hybridized carbons (Fsp3) is 0.333. The van der Waals surface area contributed by atoms with Gasteiger partial charge < -0.3 is 4.74 Å². The number of methoxy groups -OCH3 is 1. The maximum absolute atomic E-state index is 11.6. The molecule has 0 radical (unpaired) electrons. The predicted octanol–water partition coefficient (Wildman–Crippen LogP) is 0.452. The van der Waals surface area contributed by atoms with Crippen molar-refractivity contribution in [2.75, 3.05) is 13.0 Å². The first-order valence-corrected chi connectivity index (χ1v) is 7.76. The van der Waals surface area contributed by atoms with Crippen molar-refractivity contribution in [3.05, 3.63) is 29.8 Å². The summed E-state index contributed by atoms with van der Waals surface area (Å²) >= 11 is 0. The van der Waals surface area contributed by atoms with E-state index >= 15 is 0 Å². The molecule has 0 saturated heterocycles. The third-order valence-electron chi connectivity index (χ3n) is 1.88. The minimum atomic E-state index is -4.18. The highest BCUT2D eigenvalue weighted by atomic mass is 32.2.